The third-order valence-corrected chi connectivity index (χ3v) is 35.7. The predicted octanol–water partition coefficient (Wildman–Crippen LogP) is 30.9. The van der Waals surface area contributed by atoms with Gasteiger partial charge in [-0.15, -0.1) is 0 Å². The molecule has 0 unspecified atom stereocenters. The summed E-state index contributed by atoms with van der Waals surface area (Å²) in [7, 11) is 45.2. The summed E-state index contributed by atoms with van der Waals surface area (Å²) < 4.78 is 7.57. The van der Waals surface area contributed by atoms with E-state index in [1.54, 1.807) is 242 Å². The van der Waals surface area contributed by atoms with Gasteiger partial charge in [-0.25, -0.2) is 0 Å². The van der Waals surface area contributed by atoms with E-state index in [0.29, 0.717) is 0 Å². The molecular formula is C92H128Cl8N4P2Ru4-2. The first-order valence-corrected chi connectivity index (χ1v) is 63.4. The first-order valence-electron chi connectivity index (χ1n) is 38.0. The number of pyridine rings is 4. The summed E-state index contributed by atoms with van der Waals surface area (Å²) in [6, 6.07) is 62.7. The Morgan fingerprint density at radius 1 is 0.227 bits per heavy atom. The van der Waals surface area contributed by atoms with Gasteiger partial charge in [0.25, 0.3) is 0 Å². The summed E-state index contributed by atoms with van der Waals surface area (Å²) in [4.78, 5) is 15.1. The van der Waals surface area contributed by atoms with Crippen LogP contribution in [0, 0.1) is 29.7 Å². The molecule has 0 saturated heterocycles. The monoisotopic (exact) mass is 2040 g/mol. The third kappa shape index (κ3) is 54.9. The normalized spacial score (nSPS) is 16.2. The Labute approximate surface area is 724 Å². The number of allylic oxidation sites excluding steroid dienone is 2. The van der Waals surface area contributed by atoms with Crippen LogP contribution < -0.4 is 0 Å². The van der Waals surface area contributed by atoms with Crippen molar-refractivity contribution in [2.45, 2.75) is 227 Å². The third-order valence-electron chi connectivity index (χ3n) is 19.2. The van der Waals surface area contributed by atoms with E-state index in [0.717, 1.165) is 22.3 Å². The van der Waals surface area contributed by atoms with Gasteiger partial charge >= 0.3 is 318 Å². The number of halogens is 8. The average molecular weight is 2040 g/mol. The van der Waals surface area contributed by atoms with Crippen LogP contribution in [0.3, 0.4) is 0 Å². The second-order valence-electron chi connectivity index (χ2n) is 26.7. The zero-order chi connectivity index (χ0) is 75.2. The fourth-order valence-electron chi connectivity index (χ4n) is 14.6. The summed E-state index contributed by atoms with van der Waals surface area (Å²) in [6.07, 6.45) is 69.4. The van der Waals surface area contributed by atoms with Crippen LogP contribution in [-0.2, 0) is 54.1 Å². The van der Waals surface area contributed by atoms with E-state index < -0.39 is 54.1 Å². The Bertz CT molecular complexity index is 2990. The molecule has 6 saturated carbocycles. The molecule has 0 bridgehead atoms. The van der Waals surface area contributed by atoms with E-state index in [9.17, 15) is 0 Å². The minimum absolute atomic E-state index is 0. The van der Waals surface area contributed by atoms with Crippen molar-refractivity contribution in [1.29, 1.82) is 0 Å². The number of benzene rings is 4. The van der Waals surface area contributed by atoms with Crippen molar-refractivity contribution in [2.24, 2.45) is 0 Å². The molecule has 0 atom stereocenters. The standard InChI is InChI=1S/2C18H33P.2C9H8.2C7H6.4C5H5N.4CH3.8ClH.4Ru/c2*1-4-10-16(11-5-1)19(17-12-6-2-7-13-17)18-14-8-3-9-15-18;2*1-2-6-9-7-4-3-5-8-9;2*1-7-5-3-2-4-6-7;4*1-2-4-6-5-3-1;;;;;;;;;;;;;;;;/h2*16-18H,1-15H2;2*1-8H;2*1-6H;4*1-5H;4*1H3;8*1H;;;;/q;;;;;;;;;;4*-1;;;;;;;;;4*+2/p-6/b;;2*6-2+;;;;;;;;;;;;;;;;;;;;;;. The largest absolute Gasteiger partial charge is 0.265 e. The molecule has 616 valence electrons. The van der Waals surface area contributed by atoms with Crippen molar-refractivity contribution in [3.05, 3.63) is 308 Å². The fraction of sp³-hybridized carbons (Fsp3) is 0.391. The second-order valence-corrected chi connectivity index (χ2v) is 56.7. The summed E-state index contributed by atoms with van der Waals surface area (Å²) in [5.74, 6) is 0. The summed E-state index contributed by atoms with van der Waals surface area (Å²) >= 11 is -6.46. The maximum absolute atomic E-state index is 5.67. The molecular weight excluding hydrogens is 1910 g/mol. The van der Waals surface area contributed by atoms with Crippen LogP contribution in [0.5, 0.6) is 0 Å². The van der Waals surface area contributed by atoms with E-state index in [2.05, 4.69) is 19.9 Å². The van der Waals surface area contributed by atoms with Crippen molar-refractivity contribution in [3.8, 4) is 0 Å². The zero-order valence-corrected chi connectivity index (χ0v) is 80.6. The number of hydrogen-bond acceptors (Lipinski definition) is 4. The quantitative estimate of drug-likeness (QED) is 0.0695. The molecule has 6 fully saturated rings. The summed E-state index contributed by atoms with van der Waals surface area (Å²) in [5.41, 5.74) is 11.9. The fourth-order valence-corrected chi connectivity index (χ4v) is 30.8. The Morgan fingerprint density at radius 3 is 0.545 bits per heavy atom. The van der Waals surface area contributed by atoms with Gasteiger partial charge in [0.1, 0.15) is 0 Å². The number of rotatable bonds is 12. The molecule has 4 nitrogen and oxygen atoms in total. The SMILES string of the molecule is C1CCC([PH+](C2CCCCC2)C2CCCCC2)CC1.C1CCC([PH+](C2CCCCC2)C2CCCCC2)CC1.[CH3-].[CH3-].[CH3-].[CH3-].[Cl][Ru]([Cl])=[CH]/C=C/c1ccccc1.[Cl][Ru]([Cl])=[CH]/C=C/c1ccccc1.[Cl][Ru]([Cl])=[CH]c1ccccc1.[Cl][Ru]([Cl])=[CH]c1ccccc1.c1ccncc1.c1ccncc1.c1ccncc1.c1ccncc1. The zero-order valence-electron chi connectivity index (χ0n) is 65.6. The van der Waals surface area contributed by atoms with Crippen molar-refractivity contribution in [3.63, 3.8) is 0 Å². The van der Waals surface area contributed by atoms with Crippen LogP contribution in [0.15, 0.2) is 256 Å². The molecule has 4 aromatic heterocycles. The maximum Gasteiger partial charge on any atom is 0.0267 e. The van der Waals surface area contributed by atoms with Gasteiger partial charge in [-0.05, 0) is 203 Å². The van der Waals surface area contributed by atoms with Gasteiger partial charge in [-0.3, -0.25) is 19.9 Å². The van der Waals surface area contributed by atoms with Crippen LogP contribution >= 0.6 is 93.4 Å². The van der Waals surface area contributed by atoms with Crippen molar-refractivity contribution in [1.82, 2.24) is 19.9 Å². The van der Waals surface area contributed by atoms with Gasteiger partial charge in [0, 0.05) is 65.4 Å². The molecule has 8 aromatic rings. The minimum Gasteiger partial charge on any atom is -0.265 e. The Balaban J connectivity index is 0.000000625. The van der Waals surface area contributed by atoms with Gasteiger partial charge in [0.05, 0.1) is 34.0 Å². The van der Waals surface area contributed by atoms with Crippen LogP contribution in [0.4, 0.5) is 0 Å². The van der Waals surface area contributed by atoms with Crippen molar-refractivity contribution in [2.75, 3.05) is 0 Å². The molecule has 4 heterocycles. The van der Waals surface area contributed by atoms with Gasteiger partial charge in [0.15, 0.2) is 0 Å². The van der Waals surface area contributed by atoms with Gasteiger partial charge < -0.3 is 29.7 Å². The molecule has 0 aliphatic heterocycles. The van der Waals surface area contributed by atoms with Crippen molar-refractivity contribution < 1.29 is 54.1 Å². The second kappa shape index (κ2) is 73.5. The Kier molecular flexibility index (Phi) is 70.9. The molecule has 6 aliphatic carbocycles. The Morgan fingerprint density at radius 2 is 0.400 bits per heavy atom. The van der Waals surface area contributed by atoms with E-state index in [-0.39, 0.29) is 45.5 Å². The molecule has 0 radical (unpaired) electrons. The van der Waals surface area contributed by atoms with E-state index in [4.69, 9.17) is 77.5 Å². The molecule has 110 heavy (non-hydrogen) atoms. The number of hydrogen-bond donors (Lipinski definition) is 0. The molecule has 0 amide bonds. The molecule has 4 aromatic carbocycles. The van der Waals surface area contributed by atoms with Gasteiger partial charge in [0.2, 0.25) is 0 Å². The summed E-state index contributed by atoms with van der Waals surface area (Å²) in [6.45, 7) is 0. The van der Waals surface area contributed by atoms with E-state index in [1.165, 1.54) is 34.0 Å². The van der Waals surface area contributed by atoms with Crippen LogP contribution in [-0.4, -0.2) is 72.3 Å². The van der Waals surface area contributed by atoms with Gasteiger partial charge in [-0.2, -0.15) is 0 Å². The summed E-state index contributed by atoms with van der Waals surface area (Å²) in [5, 5.41) is 0. The molecule has 6 aliphatic rings. The number of aromatic nitrogens is 4. The smallest absolute Gasteiger partial charge is 0.0267 e. The predicted molar refractivity (Wildman–Crippen MR) is 494 cm³/mol. The molecule has 0 spiro atoms. The van der Waals surface area contributed by atoms with Crippen LogP contribution in [0.25, 0.3) is 12.2 Å². The first kappa shape index (κ1) is 106. The molecule has 0 N–H and O–H groups in total. The Hall–Kier alpha value is -1.89. The van der Waals surface area contributed by atoms with E-state index >= 15 is 0 Å². The number of nitrogens with zero attached hydrogens (tertiary/aromatic N) is 4. The maximum atomic E-state index is 5.67. The molecule has 18 heteroatoms. The molecule has 14 rings (SSSR count). The minimum atomic E-state index is -1.62. The topological polar surface area (TPSA) is 51.6 Å². The van der Waals surface area contributed by atoms with Crippen molar-refractivity contribution >= 4 is 124 Å². The first-order chi connectivity index (χ1) is 52.0. The van der Waals surface area contributed by atoms with E-state index in [1.807, 2.05) is 237 Å². The van der Waals surface area contributed by atoms with Crippen LogP contribution in [0.2, 0.25) is 0 Å². The average Bonchev–Trinajstić information content (AvgIpc) is 0.826. The van der Waals surface area contributed by atoms with Gasteiger partial charge in [-0.1, -0.05) is 62.8 Å². The van der Waals surface area contributed by atoms with Crippen LogP contribution in [0.1, 0.15) is 215 Å².